The van der Waals surface area contributed by atoms with Crippen molar-refractivity contribution in [1.82, 2.24) is 29.4 Å². The molecule has 29 heavy (non-hydrogen) atoms. The van der Waals surface area contributed by atoms with E-state index in [4.69, 9.17) is 14.7 Å². The summed E-state index contributed by atoms with van der Waals surface area (Å²) in [7, 11) is 3.21. The normalized spacial score (nSPS) is 12.6. The Morgan fingerprint density at radius 2 is 2.07 bits per heavy atom. The van der Waals surface area contributed by atoms with Crippen LogP contribution in [0, 0.1) is 5.92 Å². The standard InChI is InChI=1S/C19H20BrN7O2/c1-10(2)14(18(28)29-4)22-19-23-15-12(6-5-7-13(15)20)17-24-16(25-27(17)19)11-8-21-26(3)9-11/h5-10,14H,1-4H3,(H,22,23)/t14-/m1/s1. The molecule has 0 unspecified atom stereocenters. The number of hydrogen-bond acceptors (Lipinski definition) is 7. The van der Waals surface area contributed by atoms with Gasteiger partial charge in [-0.3, -0.25) is 4.68 Å². The van der Waals surface area contributed by atoms with Crippen molar-refractivity contribution in [3.05, 3.63) is 35.1 Å². The molecule has 9 nitrogen and oxygen atoms in total. The van der Waals surface area contributed by atoms with Crippen LogP contribution in [0.3, 0.4) is 0 Å². The lowest BCUT2D eigenvalue weighted by atomic mass is 10.1. The molecule has 0 aliphatic carbocycles. The topological polar surface area (TPSA) is 99.2 Å². The number of aromatic nitrogens is 6. The fraction of sp³-hybridized carbons (Fsp3) is 0.316. The summed E-state index contributed by atoms with van der Waals surface area (Å²) >= 11 is 3.56. The lowest BCUT2D eigenvalue weighted by Crippen LogP contribution is -2.36. The zero-order chi connectivity index (χ0) is 20.7. The first-order valence-electron chi connectivity index (χ1n) is 9.07. The van der Waals surface area contributed by atoms with Gasteiger partial charge in [-0.25, -0.2) is 14.8 Å². The van der Waals surface area contributed by atoms with E-state index in [2.05, 4.69) is 31.4 Å². The summed E-state index contributed by atoms with van der Waals surface area (Å²) in [6.45, 7) is 3.87. The van der Waals surface area contributed by atoms with Gasteiger partial charge in [0.1, 0.15) is 6.04 Å². The number of esters is 1. The van der Waals surface area contributed by atoms with Crippen molar-refractivity contribution >= 4 is 44.4 Å². The number of benzene rings is 1. The van der Waals surface area contributed by atoms with Gasteiger partial charge in [-0.15, -0.1) is 5.10 Å². The van der Waals surface area contributed by atoms with Gasteiger partial charge < -0.3 is 10.1 Å². The van der Waals surface area contributed by atoms with Gasteiger partial charge >= 0.3 is 5.97 Å². The lowest BCUT2D eigenvalue weighted by Gasteiger charge is -2.20. The highest BCUT2D eigenvalue weighted by Crippen LogP contribution is 2.29. The molecule has 0 fully saturated rings. The van der Waals surface area contributed by atoms with E-state index in [0.717, 1.165) is 20.9 Å². The van der Waals surface area contributed by atoms with E-state index in [9.17, 15) is 4.79 Å². The second-order valence-corrected chi connectivity index (χ2v) is 7.89. The zero-order valence-corrected chi connectivity index (χ0v) is 18.0. The molecule has 1 N–H and O–H groups in total. The molecule has 0 aliphatic heterocycles. The van der Waals surface area contributed by atoms with Crippen molar-refractivity contribution in [1.29, 1.82) is 0 Å². The van der Waals surface area contributed by atoms with Crippen molar-refractivity contribution < 1.29 is 9.53 Å². The third kappa shape index (κ3) is 3.44. The van der Waals surface area contributed by atoms with Crippen LogP contribution in [0.2, 0.25) is 0 Å². The van der Waals surface area contributed by atoms with Gasteiger partial charge in [0, 0.05) is 23.1 Å². The largest absolute Gasteiger partial charge is 0.467 e. The number of fused-ring (bicyclic) bond motifs is 3. The third-order valence-corrected chi connectivity index (χ3v) is 5.26. The average molecular weight is 458 g/mol. The minimum absolute atomic E-state index is 0.0180. The Hall–Kier alpha value is -3.01. The summed E-state index contributed by atoms with van der Waals surface area (Å²) in [6.07, 6.45) is 3.55. The van der Waals surface area contributed by atoms with Crippen molar-refractivity contribution in [2.45, 2.75) is 19.9 Å². The molecule has 1 atom stereocenters. The predicted molar refractivity (Wildman–Crippen MR) is 112 cm³/mol. The minimum Gasteiger partial charge on any atom is -0.467 e. The SMILES string of the molecule is COC(=O)[C@H](Nc1nc2c(Br)cccc2c2nc(-c3cnn(C)c3)nn12)C(C)C. The van der Waals surface area contributed by atoms with Crippen molar-refractivity contribution in [2.24, 2.45) is 13.0 Å². The Morgan fingerprint density at radius 1 is 1.28 bits per heavy atom. The molecule has 0 bridgehead atoms. The van der Waals surface area contributed by atoms with Gasteiger partial charge in [0.2, 0.25) is 5.95 Å². The molecule has 0 radical (unpaired) electrons. The number of rotatable bonds is 5. The Kier molecular flexibility index (Phi) is 4.95. The number of ether oxygens (including phenoxy) is 1. The van der Waals surface area contributed by atoms with Crippen molar-refractivity contribution in [2.75, 3.05) is 12.4 Å². The number of nitrogens with zero attached hydrogens (tertiary/aromatic N) is 6. The lowest BCUT2D eigenvalue weighted by molar-refractivity contribution is -0.142. The van der Waals surface area contributed by atoms with Gasteiger partial charge in [-0.05, 0) is 34.0 Å². The van der Waals surface area contributed by atoms with Crippen LogP contribution in [0.1, 0.15) is 13.8 Å². The van der Waals surface area contributed by atoms with E-state index in [1.807, 2.05) is 45.3 Å². The van der Waals surface area contributed by atoms with E-state index >= 15 is 0 Å². The average Bonchev–Trinajstić information content (AvgIpc) is 3.32. The van der Waals surface area contributed by atoms with Crippen LogP contribution in [0.4, 0.5) is 5.95 Å². The predicted octanol–water partition coefficient (Wildman–Crippen LogP) is 3.05. The molecule has 10 heteroatoms. The van der Waals surface area contributed by atoms with E-state index in [1.165, 1.54) is 7.11 Å². The summed E-state index contributed by atoms with van der Waals surface area (Å²) in [4.78, 5) is 21.7. The molecule has 3 aromatic heterocycles. The van der Waals surface area contributed by atoms with Crippen LogP contribution in [0.25, 0.3) is 27.9 Å². The second-order valence-electron chi connectivity index (χ2n) is 7.03. The maximum absolute atomic E-state index is 12.3. The monoisotopic (exact) mass is 457 g/mol. The van der Waals surface area contributed by atoms with E-state index in [0.29, 0.717) is 17.4 Å². The quantitative estimate of drug-likeness (QED) is 0.459. The van der Waals surface area contributed by atoms with Crippen LogP contribution < -0.4 is 5.32 Å². The van der Waals surface area contributed by atoms with Crippen LogP contribution in [0.15, 0.2) is 35.1 Å². The first-order valence-corrected chi connectivity index (χ1v) is 9.86. The van der Waals surface area contributed by atoms with Gasteiger partial charge in [0.05, 0.1) is 24.4 Å². The van der Waals surface area contributed by atoms with Crippen LogP contribution in [-0.4, -0.2) is 48.5 Å². The number of anilines is 1. The maximum atomic E-state index is 12.3. The highest BCUT2D eigenvalue weighted by atomic mass is 79.9. The summed E-state index contributed by atoms with van der Waals surface area (Å²) in [6, 6.07) is 5.19. The zero-order valence-electron chi connectivity index (χ0n) is 16.4. The third-order valence-electron chi connectivity index (χ3n) is 4.62. The number of para-hydroxylation sites is 1. The molecule has 0 spiro atoms. The number of aryl methyl sites for hydroxylation is 1. The van der Waals surface area contributed by atoms with Crippen molar-refractivity contribution in [3.8, 4) is 11.4 Å². The van der Waals surface area contributed by atoms with Gasteiger partial charge in [-0.2, -0.15) is 9.61 Å². The Morgan fingerprint density at radius 3 is 2.72 bits per heavy atom. The molecule has 0 saturated carbocycles. The molecule has 4 rings (SSSR count). The Bertz CT molecular complexity index is 1210. The molecule has 0 saturated heterocycles. The van der Waals surface area contributed by atoms with E-state index < -0.39 is 6.04 Å². The number of nitrogens with one attached hydrogen (secondary N) is 1. The number of carbonyl (C=O) groups excluding carboxylic acids is 1. The van der Waals surface area contributed by atoms with Gasteiger partial charge in [-0.1, -0.05) is 19.9 Å². The molecule has 0 amide bonds. The molecular formula is C19H20BrN7O2. The molecule has 0 aliphatic rings. The number of carbonyl (C=O) groups is 1. The minimum atomic E-state index is -0.582. The molecular weight excluding hydrogens is 438 g/mol. The number of methoxy groups -OCH3 is 1. The number of hydrogen-bond donors (Lipinski definition) is 1. The summed E-state index contributed by atoms with van der Waals surface area (Å²) in [5.74, 6) is 0.547. The van der Waals surface area contributed by atoms with Gasteiger partial charge in [0.15, 0.2) is 11.5 Å². The fourth-order valence-electron chi connectivity index (χ4n) is 3.11. The Labute approximate surface area is 175 Å². The molecule has 1 aromatic carbocycles. The smallest absolute Gasteiger partial charge is 0.328 e. The van der Waals surface area contributed by atoms with Crippen LogP contribution in [0.5, 0.6) is 0 Å². The van der Waals surface area contributed by atoms with Crippen LogP contribution in [-0.2, 0) is 16.6 Å². The van der Waals surface area contributed by atoms with E-state index in [-0.39, 0.29) is 11.9 Å². The highest BCUT2D eigenvalue weighted by Gasteiger charge is 2.26. The summed E-state index contributed by atoms with van der Waals surface area (Å²) in [5, 5.41) is 12.9. The van der Waals surface area contributed by atoms with Gasteiger partial charge in [0.25, 0.3) is 0 Å². The molecule has 150 valence electrons. The highest BCUT2D eigenvalue weighted by molar-refractivity contribution is 9.10. The fourth-order valence-corrected chi connectivity index (χ4v) is 3.57. The Balaban J connectivity index is 1.95. The van der Waals surface area contributed by atoms with Crippen molar-refractivity contribution in [3.63, 3.8) is 0 Å². The summed E-state index contributed by atoms with van der Waals surface area (Å²) in [5.41, 5.74) is 2.14. The second kappa shape index (κ2) is 7.43. The molecule has 4 aromatic rings. The maximum Gasteiger partial charge on any atom is 0.328 e. The van der Waals surface area contributed by atoms with Crippen LogP contribution >= 0.6 is 15.9 Å². The molecule has 3 heterocycles. The summed E-state index contributed by atoms with van der Waals surface area (Å²) < 4.78 is 9.09. The first kappa shape index (κ1) is 19.3. The number of halogens is 1. The van der Waals surface area contributed by atoms with E-state index in [1.54, 1.807) is 15.4 Å². The first-order chi connectivity index (χ1) is 13.9.